The Bertz CT molecular complexity index is 534. The van der Waals surface area contributed by atoms with Crippen molar-refractivity contribution < 1.29 is 4.39 Å². The molecule has 0 aliphatic heterocycles. The Morgan fingerprint density at radius 2 is 1.89 bits per heavy atom. The van der Waals surface area contributed by atoms with E-state index in [0.29, 0.717) is 0 Å². The monoisotopic (exact) mass is 339 g/mol. The summed E-state index contributed by atoms with van der Waals surface area (Å²) in [5.41, 5.74) is 7.90. The Hall–Kier alpha value is -0.840. The summed E-state index contributed by atoms with van der Waals surface area (Å²) in [6.07, 6.45) is 0. The highest BCUT2D eigenvalue weighted by Crippen LogP contribution is 2.26. The van der Waals surface area contributed by atoms with Crippen LogP contribution in [0.15, 0.2) is 51.8 Å². The van der Waals surface area contributed by atoms with Crippen LogP contribution < -0.4 is 5.73 Å². The molecule has 0 aliphatic carbocycles. The summed E-state index contributed by atoms with van der Waals surface area (Å²) in [6, 6.07) is 13.2. The van der Waals surface area contributed by atoms with Crippen LogP contribution >= 0.6 is 27.7 Å². The predicted octanol–water partition coefficient (Wildman–Crippen LogP) is 4.90. The van der Waals surface area contributed by atoms with E-state index in [-0.39, 0.29) is 11.9 Å². The van der Waals surface area contributed by atoms with Gasteiger partial charge in [-0.2, -0.15) is 0 Å². The van der Waals surface area contributed by atoms with Crippen molar-refractivity contribution in [2.45, 2.75) is 23.6 Å². The molecule has 1 nitrogen and oxygen atoms in total. The first-order valence-corrected chi connectivity index (χ1v) is 7.76. The molecular formula is C15H15BrFNS. The van der Waals surface area contributed by atoms with E-state index >= 15 is 0 Å². The minimum absolute atomic E-state index is 0.0539. The van der Waals surface area contributed by atoms with Crippen LogP contribution in [0, 0.1) is 5.82 Å². The van der Waals surface area contributed by atoms with Gasteiger partial charge in [0.1, 0.15) is 5.82 Å². The lowest BCUT2D eigenvalue weighted by molar-refractivity contribution is 0.625. The van der Waals surface area contributed by atoms with Gasteiger partial charge < -0.3 is 5.73 Å². The molecule has 0 saturated heterocycles. The van der Waals surface area contributed by atoms with Gasteiger partial charge in [-0.1, -0.05) is 28.1 Å². The van der Waals surface area contributed by atoms with Gasteiger partial charge in [-0.15, -0.1) is 11.8 Å². The Morgan fingerprint density at radius 1 is 1.21 bits per heavy atom. The van der Waals surface area contributed by atoms with Crippen LogP contribution in [-0.4, -0.2) is 0 Å². The first-order valence-electron chi connectivity index (χ1n) is 5.98. The van der Waals surface area contributed by atoms with E-state index in [1.54, 1.807) is 17.8 Å². The molecule has 1 atom stereocenters. The lowest BCUT2D eigenvalue weighted by Gasteiger charge is -2.07. The SMILES string of the molecule is CC(N)c1ccc(SCc2cc(F)cc(Br)c2)cc1. The first-order chi connectivity index (χ1) is 9.04. The van der Waals surface area contributed by atoms with Gasteiger partial charge in [0.2, 0.25) is 0 Å². The zero-order valence-corrected chi connectivity index (χ0v) is 13.0. The van der Waals surface area contributed by atoms with Crippen molar-refractivity contribution in [2.24, 2.45) is 5.73 Å². The zero-order chi connectivity index (χ0) is 13.8. The summed E-state index contributed by atoms with van der Waals surface area (Å²) in [4.78, 5) is 1.16. The normalized spacial score (nSPS) is 12.4. The third kappa shape index (κ3) is 4.34. The predicted molar refractivity (Wildman–Crippen MR) is 82.7 cm³/mol. The van der Waals surface area contributed by atoms with Crippen LogP contribution in [0.2, 0.25) is 0 Å². The van der Waals surface area contributed by atoms with Gasteiger partial charge in [-0.05, 0) is 48.4 Å². The highest BCUT2D eigenvalue weighted by Gasteiger charge is 2.02. The molecule has 19 heavy (non-hydrogen) atoms. The number of rotatable bonds is 4. The maximum atomic E-state index is 13.2. The molecule has 0 aromatic heterocycles. The van der Waals surface area contributed by atoms with Gasteiger partial charge in [-0.3, -0.25) is 0 Å². The molecule has 0 heterocycles. The van der Waals surface area contributed by atoms with Crippen LogP contribution in [0.1, 0.15) is 24.1 Å². The average Bonchev–Trinajstić information content (AvgIpc) is 2.36. The third-order valence-corrected chi connectivity index (χ3v) is 4.27. The van der Waals surface area contributed by atoms with Gasteiger partial charge in [-0.25, -0.2) is 4.39 Å². The minimum Gasteiger partial charge on any atom is -0.324 e. The Balaban J connectivity index is 2.02. The molecule has 2 N–H and O–H groups in total. The van der Waals surface area contributed by atoms with Crippen LogP contribution in [0.5, 0.6) is 0 Å². The molecular weight excluding hydrogens is 325 g/mol. The molecule has 0 fully saturated rings. The van der Waals surface area contributed by atoms with Gasteiger partial charge in [0.25, 0.3) is 0 Å². The summed E-state index contributed by atoms with van der Waals surface area (Å²) in [6.45, 7) is 1.96. The molecule has 1 unspecified atom stereocenters. The standard InChI is InChI=1S/C15H15BrFNS/c1-10(18)12-2-4-15(5-3-12)19-9-11-6-13(16)8-14(17)7-11/h2-8,10H,9,18H2,1H3. The maximum absolute atomic E-state index is 13.2. The summed E-state index contributed by atoms with van der Waals surface area (Å²) in [5.74, 6) is 0.533. The van der Waals surface area contributed by atoms with Crippen LogP contribution in [0.4, 0.5) is 4.39 Å². The molecule has 0 bridgehead atoms. The van der Waals surface area contributed by atoms with E-state index in [0.717, 1.165) is 26.2 Å². The number of nitrogens with two attached hydrogens (primary N) is 1. The van der Waals surface area contributed by atoms with Crippen molar-refractivity contribution in [3.05, 3.63) is 63.9 Å². The average molecular weight is 340 g/mol. The van der Waals surface area contributed by atoms with E-state index in [9.17, 15) is 4.39 Å². The lowest BCUT2D eigenvalue weighted by atomic mass is 10.1. The Labute approximate surface area is 125 Å². The van der Waals surface area contributed by atoms with Gasteiger partial charge >= 0.3 is 0 Å². The molecule has 0 amide bonds. The van der Waals surface area contributed by atoms with Crippen LogP contribution in [0.3, 0.4) is 0 Å². The van der Waals surface area contributed by atoms with E-state index < -0.39 is 0 Å². The van der Waals surface area contributed by atoms with Crippen LogP contribution in [0.25, 0.3) is 0 Å². The van der Waals surface area contributed by atoms with Crippen molar-refractivity contribution in [2.75, 3.05) is 0 Å². The Kier molecular flexibility index (Phi) is 5.02. The van der Waals surface area contributed by atoms with Gasteiger partial charge in [0.05, 0.1) is 0 Å². The number of hydrogen-bond donors (Lipinski definition) is 1. The fourth-order valence-electron chi connectivity index (χ4n) is 1.73. The number of benzene rings is 2. The summed E-state index contributed by atoms with van der Waals surface area (Å²) >= 11 is 4.98. The maximum Gasteiger partial charge on any atom is 0.124 e. The molecule has 2 rings (SSSR count). The molecule has 0 spiro atoms. The van der Waals surface area contributed by atoms with Crippen molar-refractivity contribution in [3.63, 3.8) is 0 Å². The van der Waals surface area contributed by atoms with Gasteiger partial charge in [0.15, 0.2) is 0 Å². The molecule has 4 heteroatoms. The van der Waals surface area contributed by atoms with Gasteiger partial charge in [0, 0.05) is 21.2 Å². The lowest BCUT2D eigenvalue weighted by Crippen LogP contribution is -2.04. The fourth-order valence-corrected chi connectivity index (χ4v) is 3.07. The number of hydrogen-bond acceptors (Lipinski definition) is 2. The van der Waals surface area contributed by atoms with Crippen molar-refractivity contribution in [1.29, 1.82) is 0 Å². The van der Waals surface area contributed by atoms with E-state index in [4.69, 9.17) is 5.73 Å². The fraction of sp³-hybridized carbons (Fsp3) is 0.200. The molecule has 0 saturated carbocycles. The second-order valence-electron chi connectivity index (χ2n) is 4.42. The van der Waals surface area contributed by atoms with E-state index in [1.165, 1.54) is 6.07 Å². The highest BCUT2D eigenvalue weighted by molar-refractivity contribution is 9.10. The van der Waals surface area contributed by atoms with Crippen molar-refractivity contribution in [1.82, 2.24) is 0 Å². The summed E-state index contributed by atoms with van der Waals surface area (Å²) in [7, 11) is 0. The molecule has 0 aliphatic rings. The molecule has 100 valence electrons. The van der Waals surface area contributed by atoms with Crippen molar-refractivity contribution in [3.8, 4) is 0 Å². The minimum atomic E-state index is -0.211. The molecule has 0 radical (unpaired) electrons. The highest BCUT2D eigenvalue weighted by atomic mass is 79.9. The zero-order valence-electron chi connectivity index (χ0n) is 10.6. The number of halogens is 2. The summed E-state index contributed by atoms with van der Waals surface area (Å²) < 4.78 is 14.0. The van der Waals surface area contributed by atoms with Crippen LogP contribution in [-0.2, 0) is 5.75 Å². The second-order valence-corrected chi connectivity index (χ2v) is 6.39. The largest absolute Gasteiger partial charge is 0.324 e. The van der Waals surface area contributed by atoms with Crippen molar-refractivity contribution >= 4 is 27.7 Å². The van der Waals surface area contributed by atoms with E-state index in [2.05, 4.69) is 28.1 Å². The number of thioether (sulfide) groups is 1. The molecule has 2 aromatic rings. The van der Waals surface area contributed by atoms with E-state index in [1.807, 2.05) is 25.1 Å². The smallest absolute Gasteiger partial charge is 0.124 e. The Morgan fingerprint density at radius 3 is 2.47 bits per heavy atom. The first kappa shape index (κ1) is 14.6. The molecule has 2 aromatic carbocycles. The second kappa shape index (κ2) is 6.55. The summed E-state index contributed by atoms with van der Waals surface area (Å²) in [5, 5.41) is 0. The third-order valence-electron chi connectivity index (χ3n) is 2.73. The quantitative estimate of drug-likeness (QED) is 0.801. The topological polar surface area (TPSA) is 26.0 Å².